The van der Waals surface area contributed by atoms with E-state index in [9.17, 15) is 0 Å². The third kappa shape index (κ3) is 8.83. The van der Waals surface area contributed by atoms with E-state index in [2.05, 4.69) is 10.3 Å². The largest absolute Gasteiger partial charge is 0.379 e. The van der Waals surface area contributed by atoms with E-state index in [1.165, 1.54) is 5.56 Å². The maximum atomic E-state index is 5.80. The van der Waals surface area contributed by atoms with Crippen LogP contribution < -0.4 is 11.1 Å². The van der Waals surface area contributed by atoms with Crippen LogP contribution in [0, 0.1) is 6.92 Å². The summed E-state index contributed by atoms with van der Waals surface area (Å²) in [5, 5.41) is 3.07. The number of halogens is 1. The van der Waals surface area contributed by atoms with E-state index in [-0.39, 0.29) is 30.1 Å². The highest BCUT2D eigenvalue weighted by Gasteiger charge is 1.96. The number of hydrogen-bond acceptors (Lipinski definition) is 2. The average Bonchev–Trinajstić information content (AvgIpc) is 2.28. The number of nitrogens with two attached hydrogens (primary N) is 1. The van der Waals surface area contributed by atoms with Gasteiger partial charge in [-0.2, -0.15) is 0 Å². The number of nitrogens with one attached hydrogen (secondary N) is 1. The fraction of sp³-hybridized carbons (Fsp3) is 0.500. The lowest BCUT2D eigenvalue weighted by Gasteiger charge is -2.07. The normalized spacial score (nSPS) is 11.3. The van der Waals surface area contributed by atoms with E-state index in [1.807, 2.05) is 45.0 Å². The van der Waals surface area contributed by atoms with Crippen molar-refractivity contribution in [2.24, 2.45) is 10.7 Å². The van der Waals surface area contributed by atoms with Crippen molar-refractivity contribution in [3.63, 3.8) is 0 Å². The summed E-state index contributed by atoms with van der Waals surface area (Å²) in [6, 6.07) is 8.03. The first-order valence-electron chi connectivity index (χ1n) is 6.33. The van der Waals surface area contributed by atoms with Gasteiger partial charge in [0.15, 0.2) is 5.96 Å². The summed E-state index contributed by atoms with van der Waals surface area (Å²) in [7, 11) is 0. The quantitative estimate of drug-likeness (QED) is 0.347. The Morgan fingerprint density at radius 3 is 2.79 bits per heavy atom. The zero-order valence-electron chi connectivity index (χ0n) is 11.8. The highest BCUT2D eigenvalue weighted by atomic mass is 127. The van der Waals surface area contributed by atoms with E-state index in [4.69, 9.17) is 10.5 Å². The molecule has 108 valence electrons. The summed E-state index contributed by atoms with van der Waals surface area (Å²) >= 11 is 0. The zero-order valence-corrected chi connectivity index (χ0v) is 14.2. The van der Waals surface area contributed by atoms with Crippen molar-refractivity contribution in [1.82, 2.24) is 0 Å². The molecule has 1 aromatic carbocycles. The molecule has 3 N–H and O–H groups in total. The van der Waals surface area contributed by atoms with Gasteiger partial charge in [-0.3, -0.25) is 4.99 Å². The lowest BCUT2D eigenvalue weighted by molar-refractivity contribution is 0.0783. The molecule has 1 rings (SSSR count). The van der Waals surface area contributed by atoms with Crippen LogP contribution >= 0.6 is 24.0 Å². The van der Waals surface area contributed by atoms with Gasteiger partial charge in [0.05, 0.1) is 6.10 Å². The predicted octanol–water partition coefficient (Wildman–Crippen LogP) is 3.15. The topological polar surface area (TPSA) is 59.6 Å². The molecule has 0 bridgehead atoms. The minimum absolute atomic E-state index is 0. The number of hydrogen-bond donors (Lipinski definition) is 2. The molecular formula is C14H24IN3O. The van der Waals surface area contributed by atoms with E-state index in [1.54, 1.807) is 0 Å². The van der Waals surface area contributed by atoms with Crippen molar-refractivity contribution in [2.75, 3.05) is 18.5 Å². The van der Waals surface area contributed by atoms with E-state index >= 15 is 0 Å². The SMILES string of the molecule is Cc1cccc(NC(N)=NCCCOC(C)C)c1.I. The van der Waals surface area contributed by atoms with Crippen LogP contribution in [0.15, 0.2) is 29.3 Å². The molecule has 0 aliphatic heterocycles. The Morgan fingerprint density at radius 1 is 1.42 bits per heavy atom. The fourth-order valence-electron chi connectivity index (χ4n) is 1.49. The Labute approximate surface area is 132 Å². The maximum Gasteiger partial charge on any atom is 0.193 e. The van der Waals surface area contributed by atoms with Crippen LogP contribution in [0.4, 0.5) is 5.69 Å². The molecule has 0 unspecified atom stereocenters. The molecule has 0 fully saturated rings. The molecule has 0 atom stereocenters. The summed E-state index contributed by atoms with van der Waals surface area (Å²) in [5.74, 6) is 0.449. The van der Waals surface area contributed by atoms with Gasteiger partial charge in [0.1, 0.15) is 0 Å². The van der Waals surface area contributed by atoms with Gasteiger partial charge in [-0.15, -0.1) is 24.0 Å². The number of aryl methyl sites for hydroxylation is 1. The summed E-state index contributed by atoms with van der Waals surface area (Å²) in [6.07, 6.45) is 1.16. The van der Waals surface area contributed by atoms with Crippen molar-refractivity contribution in [1.29, 1.82) is 0 Å². The second kappa shape index (κ2) is 10.0. The van der Waals surface area contributed by atoms with Gasteiger partial charge < -0.3 is 15.8 Å². The number of benzene rings is 1. The molecule has 0 saturated carbocycles. The van der Waals surface area contributed by atoms with Crippen LogP contribution in [-0.2, 0) is 4.74 Å². The summed E-state index contributed by atoms with van der Waals surface area (Å²) < 4.78 is 5.43. The summed E-state index contributed by atoms with van der Waals surface area (Å²) in [6.45, 7) is 7.49. The molecule has 0 saturated heterocycles. The Balaban J connectivity index is 0.00000324. The molecule has 0 aliphatic carbocycles. The number of ether oxygens (including phenoxy) is 1. The van der Waals surface area contributed by atoms with Crippen molar-refractivity contribution in [3.05, 3.63) is 29.8 Å². The maximum absolute atomic E-state index is 5.80. The first-order chi connectivity index (χ1) is 8.58. The van der Waals surface area contributed by atoms with E-state index in [0.29, 0.717) is 12.5 Å². The lowest BCUT2D eigenvalue weighted by atomic mass is 10.2. The number of anilines is 1. The lowest BCUT2D eigenvalue weighted by Crippen LogP contribution is -2.23. The van der Waals surface area contributed by atoms with Gasteiger partial charge in [0.2, 0.25) is 0 Å². The van der Waals surface area contributed by atoms with Gasteiger partial charge >= 0.3 is 0 Å². The van der Waals surface area contributed by atoms with Crippen molar-refractivity contribution >= 4 is 35.6 Å². The van der Waals surface area contributed by atoms with Gasteiger partial charge in [-0.1, -0.05) is 12.1 Å². The van der Waals surface area contributed by atoms with E-state index in [0.717, 1.165) is 18.7 Å². The van der Waals surface area contributed by atoms with Crippen LogP contribution in [0.25, 0.3) is 0 Å². The first-order valence-corrected chi connectivity index (χ1v) is 6.33. The summed E-state index contributed by atoms with van der Waals surface area (Å²) in [5.41, 5.74) is 7.96. The molecule has 0 radical (unpaired) electrons. The molecule has 4 nitrogen and oxygen atoms in total. The van der Waals surface area contributed by atoms with Crippen LogP contribution in [0.3, 0.4) is 0 Å². The van der Waals surface area contributed by atoms with Gasteiger partial charge in [-0.05, 0) is 44.9 Å². The Morgan fingerprint density at radius 2 is 2.16 bits per heavy atom. The van der Waals surface area contributed by atoms with Gasteiger partial charge in [0, 0.05) is 18.8 Å². The van der Waals surface area contributed by atoms with Crippen LogP contribution in [0.2, 0.25) is 0 Å². The molecular weight excluding hydrogens is 353 g/mol. The predicted molar refractivity (Wildman–Crippen MR) is 92.4 cm³/mol. The van der Waals surface area contributed by atoms with E-state index < -0.39 is 0 Å². The minimum Gasteiger partial charge on any atom is -0.379 e. The Bertz CT molecular complexity index is 394. The molecule has 0 aromatic heterocycles. The monoisotopic (exact) mass is 377 g/mol. The molecule has 0 heterocycles. The Kier molecular flexibility index (Phi) is 9.59. The van der Waals surface area contributed by atoms with Gasteiger partial charge in [-0.25, -0.2) is 0 Å². The second-order valence-corrected chi connectivity index (χ2v) is 4.53. The average molecular weight is 377 g/mol. The van der Waals surface area contributed by atoms with Crippen LogP contribution in [-0.4, -0.2) is 25.2 Å². The molecule has 0 aliphatic rings. The first kappa shape index (κ1) is 18.2. The molecule has 5 heteroatoms. The minimum atomic E-state index is 0. The summed E-state index contributed by atoms with van der Waals surface area (Å²) in [4.78, 5) is 4.25. The molecule has 1 aromatic rings. The standard InChI is InChI=1S/C14H23N3O.HI/c1-11(2)18-9-5-8-16-14(15)17-13-7-4-6-12(3)10-13;/h4,6-7,10-11H,5,8-9H2,1-3H3,(H3,15,16,17);1H. The highest BCUT2D eigenvalue weighted by molar-refractivity contribution is 14.0. The van der Waals surface area contributed by atoms with Gasteiger partial charge in [0.25, 0.3) is 0 Å². The van der Waals surface area contributed by atoms with Crippen molar-refractivity contribution in [2.45, 2.75) is 33.3 Å². The molecule has 19 heavy (non-hydrogen) atoms. The number of guanidine groups is 1. The number of nitrogens with zero attached hydrogens (tertiary/aromatic N) is 1. The third-order valence-electron chi connectivity index (χ3n) is 2.33. The van der Waals surface area contributed by atoms with Crippen molar-refractivity contribution in [3.8, 4) is 0 Å². The van der Waals surface area contributed by atoms with Crippen LogP contribution in [0.5, 0.6) is 0 Å². The van der Waals surface area contributed by atoms with Crippen LogP contribution in [0.1, 0.15) is 25.8 Å². The molecule has 0 amide bonds. The second-order valence-electron chi connectivity index (χ2n) is 4.53. The zero-order chi connectivity index (χ0) is 13.4. The smallest absolute Gasteiger partial charge is 0.193 e. The highest BCUT2D eigenvalue weighted by Crippen LogP contribution is 2.08. The number of aliphatic imine (C=N–C) groups is 1. The Hall–Kier alpha value is -0.820. The number of rotatable bonds is 6. The van der Waals surface area contributed by atoms with Crippen molar-refractivity contribution < 1.29 is 4.74 Å². The molecule has 0 spiro atoms. The third-order valence-corrected chi connectivity index (χ3v) is 2.33. The fourth-order valence-corrected chi connectivity index (χ4v) is 1.49.